The molecule has 1 aromatic heterocycles. The minimum atomic E-state index is -0.287. The van der Waals surface area contributed by atoms with Gasteiger partial charge in [0, 0.05) is 36.3 Å². The van der Waals surface area contributed by atoms with E-state index in [1.807, 2.05) is 30.3 Å². The van der Waals surface area contributed by atoms with Gasteiger partial charge in [-0.15, -0.1) is 11.3 Å². The SMILES string of the molecule is COCCN(Cc1nc(C(=O)NCc2ccccc2)cs1)C(=O)Nc1ccc(Cl)cc1. The largest absolute Gasteiger partial charge is 0.383 e. The highest BCUT2D eigenvalue weighted by molar-refractivity contribution is 7.09. The van der Waals surface area contributed by atoms with Crippen molar-refractivity contribution in [2.75, 3.05) is 25.6 Å². The van der Waals surface area contributed by atoms with Crippen molar-refractivity contribution in [3.05, 3.63) is 81.3 Å². The lowest BCUT2D eigenvalue weighted by atomic mass is 10.2. The van der Waals surface area contributed by atoms with E-state index in [2.05, 4.69) is 15.6 Å². The second kappa shape index (κ2) is 11.5. The van der Waals surface area contributed by atoms with Gasteiger partial charge in [0.15, 0.2) is 0 Å². The number of benzene rings is 2. The zero-order chi connectivity index (χ0) is 22.1. The molecule has 9 heteroatoms. The van der Waals surface area contributed by atoms with Gasteiger partial charge < -0.3 is 20.3 Å². The number of anilines is 1. The molecule has 2 aromatic carbocycles. The number of halogens is 1. The molecule has 162 valence electrons. The van der Waals surface area contributed by atoms with Crippen molar-refractivity contribution in [3.63, 3.8) is 0 Å². The molecule has 0 aliphatic rings. The fourth-order valence-electron chi connectivity index (χ4n) is 2.71. The molecule has 0 saturated heterocycles. The van der Waals surface area contributed by atoms with Crippen LogP contribution in [0.3, 0.4) is 0 Å². The Hall–Kier alpha value is -2.94. The van der Waals surface area contributed by atoms with Crippen molar-refractivity contribution in [1.29, 1.82) is 0 Å². The van der Waals surface area contributed by atoms with Crippen LogP contribution in [0.5, 0.6) is 0 Å². The molecule has 0 spiro atoms. The molecule has 0 aliphatic carbocycles. The molecule has 2 N–H and O–H groups in total. The average molecular weight is 459 g/mol. The molecular weight excluding hydrogens is 436 g/mol. The fourth-order valence-corrected chi connectivity index (χ4v) is 3.62. The van der Waals surface area contributed by atoms with Crippen LogP contribution in [-0.2, 0) is 17.8 Å². The summed E-state index contributed by atoms with van der Waals surface area (Å²) in [5.41, 5.74) is 1.98. The van der Waals surface area contributed by atoms with Crippen LogP contribution in [0.1, 0.15) is 21.1 Å². The first-order valence-corrected chi connectivity index (χ1v) is 10.9. The molecule has 0 unspecified atom stereocenters. The molecule has 0 bridgehead atoms. The summed E-state index contributed by atoms with van der Waals surface area (Å²) in [6.07, 6.45) is 0. The molecule has 3 amide bonds. The van der Waals surface area contributed by atoms with Crippen molar-refractivity contribution >= 4 is 40.6 Å². The Bertz CT molecular complexity index is 996. The molecular formula is C22H23ClN4O3S. The maximum absolute atomic E-state index is 12.7. The highest BCUT2D eigenvalue weighted by Gasteiger charge is 2.18. The number of hydrogen-bond acceptors (Lipinski definition) is 5. The van der Waals surface area contributed by atoms with Crippen molar-refractivity contribution in [1.82, 2.24) is 15.2 Å². The number of rotatable bonds is 9. The predicted octanol–water partition coefficient (Wildman–Crippen LogP) is 4.41. The third-order valence-electron chi connectivity index (χ3n) is 4.35. The minimum Gasteiger partial charge on any atom is -0.383 e. The number of thiazole rings is 1. The van der Waals surface area contributed by atoms with Crippen molar-refractivity contribution in [2.24, 2.45) is 0 Å². The molecule has 0 aliphatic heterocycles. The summed E-state index contributed by atoms with van der Waals surface area (Å²) < 4.78 is 5.12. The van der Waals surface area contributed by atoms with Crippen LogP contribution in [0.25, 0.3) is 0 Å². The van der Waals surface area contributed by atoms with Crippen LogP contribution < -0.4 is 10.6 Å². The van der Waals surface area contributed by atoms with Crippen LogP contribution in [0.4, 0.5) is 10.5 Å². The Balaban J connectivity index is 1.60. The van der Waals surface area contributed by atoms with Gasteiger partial charge in [-0.05, 0) is 29.8 Å². The second-order valence-electron chi connectivity index (χ2n) is 6.65. The van der Waals surface area contributed by atoms with Gasteiger partial charge in [-0.25, -0.2) is 9.78 Å². The van der Waals surface area contributed by atoms with E-state index in [0.29, 0.717) is 41.1 Å². The van der Waals surface area contributed by atoms with Gasteiger partial charge >= 0.3 is 6.03 Å². The maximum atomic E-state index is 12.7. The average Bonchev–Trinajstić information content (AvgIpc) is 3.26. The molecule has 3 aromatic rings. The zero-order valence-electron chi connectivity index (χ0n) is 17.0. The summed E-state index contributed by atoms with van der Waals surface area (Å²) >= 11 is 7.23. The number of methoxy groups -OCH3 is 1. The Kier molecular flexibility index (Phi) is 8.40. The van der Waals surface area contributed by atoms with E-state index in [0.717, 1.165) is 5.56 Å². The minimum absolute atomic E-state index is 0.250. The monoisotopic (exact) mass is 458 g/mol. The third-order valence-corrected chi connectivity index (χ3v) is 5.44. The summed E-state index contributed by atoms with van der Waals surface area (Å²) in [6, 6.07) is 16.2. The highest BCUT2D eigenvalue weighted by Crippen LogP contribution is 2.16. The number of nitrogens with zero attached hydrogens (tertiary/aromatic N) is 2. The lowest BCUT2D eigenvalue weighted by Gasteiger charge is -2.21. The second-order valence-corrected chi connectivity index (χ2v) is 8.03. The molecule has 0 saturated carbocycles. The van der Waals surface area contributed by atoms with E-state index in [1.165, 1.54) is 11.3 Å². The van der Waals surface area contributed by atoms with Gasteiger partial charge in [-0.2, -0.15) is 0 Å². The number of ether oxygens (including phenoxy) is 1. The third kappa shape index (κ3) is 7.06. The zero-order valence-corrected chi connectivity index (χ0v) is 18.6. The molecule has 1 heterocycles. The Morgan fingerprint density at radius 3 is 2.58 bits per heavy atom. The van der Waals surface area contributed by atoms with E-state index >= 15 is 0 Å². The molecule has 0 atom stereocenters. The number of nitrogens with one attached hydrogen (secondary N) is 2. The van der Waals surface area contributed by atoms with E-state index < -0.39 is 0 Å². The van der Waals surface area contributed by atoms with Gasteiger partial charge in [-0.3, -0.25) is 4.79 Å². The van der Waals surface area contributed by atoms with Crippen LogP contribution in [0, 0.1) is 0 Å². The normalized spacial score (nSPS) is 10.5. The van der Waals surface area contributed by atoms with Crippen LogP contribution in [0.15, 0.2) is 60.0 Å². The van der Waals surface area contributed by atoms with Crippen molar-refractivity contribution in [2.45, 2.75) is 13.1 Å². The summed E-state index contributed by atoms with van der Waals surface area (Å²) in [5.74, 6) is -0.250. The van der Waals surface area contributed by atoms with E-state index in [-0.39, 0.29) is 18.5 Å². The van der Waals surface area contributed by atoms with Crippen molar-refractivity contribution < 1.29 is 14.3 Å². The lowest BCUT2D eigenvalue weighted by Crippen LogP contribution is -2.36. The van der Waals surface area contributed by atoms with Crippen LogP contribution in [0.2, 0.25) is 5.02 Å². The molecule has 0 radical (unpaired) electrons. The number of carbonyl (C=O) groups is 2. The van der Waals surface area contributed by atoms with Gasteiger partial charge in [0.2, 0.25) is 0 Å². The number of amides is 3. The summed E-state index contributed by atoms with van der Waals surface area (Å²) in [7, 11) is 1.58. The fraction of sp³-hybridized carbons (Fsp3) is 0.227. The molecule has 31 heavy (non-hydrogen) atoms. The predicted molar refractivity (Wildman–Crippen MR) is 122 cm³/mol. The van der Waals surface area contributed by atoms with E-state index in [4.69, 9.17) is 16.3 Å². The maximum Gasteiger partial charge on any atom is 0.322 e. The summed E-state index contributed by atoms with van der Waals surface area (Å²) in [6.45, 7) is 1.45. The lowest BCUT2D eigenvalue weighted by molar-refractivity contribution is 0.0946. The Morgan fingerprint density at radius 2 is 1.87 bits per heavy atom. The number of aromatic nitrogens is 1. The first kappa shape index (κ1) is 22.7. The first-order chi connectivity index (χ1) is 15.0. The number of carbonyl (C=O) groups excluding carboxylic acids is 2. The Labute approximate surface area is 190 Å². The first-order valence-electron chi connectivity index (χ1n) is 9.62. The summed E-state index contributed by atoms with van der Waals surface area (Å²) in [5, 5.41) is 8.64. The topological polar surface area (TPSA) is 83.6 Å². The quantitative estimate of drug-likeness (QED) is 0.497. The Morgan fingerprint density at radius 1 is 1.13 bits per heavy atom. The van der Waals surface area contributed by atoms with E-state index in [9.17, 15) is 9.59 Å². The summed E-state index contributed by atoms with van der Waals surface area (Å²) in [4.78, 5) is 31.1. The molecule has 0 fully saturated rings. The standard InChI is InChI=1S/C22H23ClN4O3S/c1-30-12-11-27(22(29)25-18-9-7-17(23)8-10-18)14-20-26-19(15-31-20)21(28)24-13-16-5-3-2-4-6-16/h2-10,15H,11-14H2,1H3,(H,24,28)(H,25,29). The van der Waals surface area contributed by atoms with Gasteiger partial charge in [0.25, 0.3) is 5.91 Å². The number of hydrogen-bond donors (Lipinski definition) is 2. The van der Waals surface area contributed by atoms with Crippen molar-refractivity contribution in [3.8, 4) is 0 Å². The number of urea groups is 1. The molecule has 3 rings (SSSR count). The van der Waals surface area contributed by atoms with Crippen LogP contribution >= 0.6 is 22.9 Å². The van der Waals surface area contributed by atoms with E-state index in [1.54, 1.807) is 41.7 Å². The van der Waals surface area contributed by atoms with Crippen LogP contribution in [-0.4, -0.2) is 42.1 Å². The van der Waals surface area contributed by atoms with Gasteiger partial charge in [0.1, 0.15) is 10.7 Å². The molecule has 7 nitrogen and oxygen atoms in total. The van der Waals surface area contributed by atoms with Gasteiger partial charge in [0.05, 0.1) is 13.2 Å². The smallest absolute Gasteiger partial charge is 0.322 e. The highest BCUT2D eigenvalue weighted by atomic mass is 35.5. The van der Waals surface area contributed by atoms with Gasteiger partial charge in [-0.1, -0.05) is 41.9 Å².